The van der Waals surface area contributed by atoms with Crippen LogP contribution in [0.25, 0.3) is 11.1 Å². The Bertz CT molecular complexity index is 1120. The first-order chi connectivity index (χ1) is 14.9. The van der Waals surface area contributed by atoms with Crippen molar-refractivity contribution in [2.45, 2.75) is 12.0 Å². The van der Waals surface area contributed by atoms with Gasteiger partial charge in [-0.25, -0.2) is 0 Å². The van der Waals surface area contributed by atoms with E-state index in [1.807, 2.05) is 48.5 Å². The predicted octanol–water partition coefficient (Wildman–Crippen LogP) is 5.05. The van der Waals surface area contributed by atoms with Crippen LogP contribution in [-0.4, -0.2) is 23.7 Å². The monoisotopic (exact) mass is 455 g/mol. The maximum atomic E-state index is 12.8. The molecule has 1 aliphatic carbocycles. The molecule has 0 saturated heterocycles. The lowest BCUT2D eigenvalue weighted by molar-refractivity contribution is -0.160. The SMILES string of the molecule is NC(c1ccc(Cl)cc1Cl)C(C(=O)O)C(=O)OCC1c2ccccc2-c2ccccc21. The lowest BCUT2D eigenvalue weighted by Crippen LogP contribution is -2.36. The van der Waals surface area contributed by atoms with Crippen molar-refractivity contribution in [3.8, 4) is 11.1 Å². The summed E-state index contributed by atoms with van der Waals surface area (Å²) in [6.07, 6.45) is 0. The van der Waals surface area contributed by atoms with Crippen molar-refractivity contribution in [1.82, 2.24) is 0 Å². The molecule has 4 rings (SSSR count). The maximum Gasteiger partial charge on any atom is 0.322 e. The van der Waals surface area contributed by atoms with Gasteiger partial charge in [0.15, 0.2) is 5.92 Å². The minimum absolute atomic E-state index is 0.0116. The molecule has 158 valence electrons. The van der Waals surface area contributed by atoms with Crippen LogP contribution in [-0.2, 0) is 14.3 Å². The Morgan fingerprint density at radius 3 is 2.10 bits per heavy atom. The summed E-state index contributed by atoms with van der Waals surface area (Å²) in [6, 6.07) is 19.1. The lowest BCUT2D eigenvalue weighted by atomic mass is 9.93. The molecule has 0 heterocycles. The Balaban J connectivity index is 1.56. The summed E-state index contributed by atoms with van der Waals surface area (Å²) in [5.74, 6) is -4.07. The van der Waals surface area contributed by atoms with Gasteiger partial charge < -0.3 is 15.6 Å². The topological polar surface area (TPSA) is 89.6 Å². The van der Waals surface area contributed by atoms with E-state index in [0.29, 0.717) is 10.6 Å². The van der Waals surface area contributed by atoms with Crippen molar-refractivity contribution < 1.29 is 19.4 Å². The van der Waals surface area contributed by atoms with Crippen LogP contribution in [0.15, 0.2) is 66.7 Å². The molecule has 0 spiro atoms. The summed E-state index contributed by atoms with van der Waals surface area (Å²) in [5, 5.41) is 10.3. The van der Waals surface area contributed by atoms with Crippen molar-refractivity contribution in [2.75, 3.05) is 6.61 Å². The van der Waals surface area contributed by atoms with Crippen LogP contribution in [0.4, 0.5) is 0 Å². The normalized spacial score (nSPS) is 14.4. The fourth-order valence-electron chi connectivity index (χ4n) is 4.05. The highest BCUT2D eigenvalue weighted by atomic mass is 35.5. The Hall–Kier alpha value is -2.86. The van der Waals surface area contributed by atoms with E-state index in [0.717, 1.165) is 22.3 Å². The number of fused-ring (bicyclic) bond motifs is 3. The second kappa shape index (κ2) is 8.71. The summed E-state index contributed by atoms with van der Waals surface area (Å²) < 4.78 is 5.50. The number of benzene rings is 3. The molecule has 0 saturated carbocycles. The second-order valence-corrected chi connectivity index (χ2v) is 8.21. The second-order valence-electron chi connectivity index (χ2n) is 7.36. The van der Waals surface area contributed by atoms with E-state index in [1.54, 1.807) is 6.07 Å². The van der Waals surface area contributed by atoms with Crippen molar-refractivity contribution >= 4 is 35.1 Å². The zero-order valence-corrected chi connectivity index (χ0v) is 17.8. The van der Waals surface area contributed by atoms with Crippen molar-refractivity contribution in [3.05, 3.63) is 93.5 Å². The van der Waals surface area contributed by atoms with Gasteiger partial charge in [0.05, 0.1) is 6.04 Å². The fraction of sp³-hybridized carbons (Fsp3) is 0.167. The third-order valence-electron chi connectivity index (χ3n) is 5.56. The summed E-state index contributed by atoms with van der Waals surface area (Å²) in [7, 11) is 0. The van der Waals surface area contributed by atoms with Crippen LogP contribution in [0.2, 0.25) is 10.0 Å². The molecular formula is C24H19Cl2NO4. The number of halogens is 2. The minimum atomic E-state index is -1.61. The highest BCUT2D eigenvalue weighted by molar-refractivity contribution is 6.35. The molecule has 0 bridgehead atoms. The number of aliphatic carboxylic acids is 1. The average Bonchev–Trinajstić information content (AvgIpc) is 3.06. The number of hydrogen-bond donors (Lipinski definition) is 2. The molecule has 0 aliphatic heterocycles. The van der Waals surface area contributed by atoms with Crippen molar-refractivity contribution in [1.29, 1.82) is 0 Å². The Morgan fingerprint density at radius 2 is 1.55 bits per heavy atom. The van der Waals surface area contributed by atoms with Gasteiger partial charge in [0.2, 0.25) is 0 Å². The summed E-state index contributed by atoms with van der Waals surface area (Å²) in [5.41, 5.74) is 10.7. The molecule has 0 fully saturated rings. The van der Waals surface area contributed by atoms with Gasteiger partial charge in [-0.05, 0) is 39.9 Å². The first-order valence-corrected chi connectivity index (χ1v) is 10.4. The van der Waals surface area contributed by atoms with Gasteiger partial charge in [0.1, 0.15) is 6.61 Å². The van der Waals surface area contributed by atoms with Crippen LogP contribution >= 0.6 is 23.2 Å². The van der Waals surface area contributed by atoms with E-state index in [4.69, 9.17) is 33.7 Å². The number of rotatable bonds is 6. The molecule has 0 amide bonds. The first-order valence-electron chi connectivity index (χ1n) is 9.66. The van der Waals surface area contributed by atoms with Gasteiger partial charge in [-0.1, -0.05) is 77.8 Å². The Morgan fingerprint density at radius 1 is 0.968 bits per heavy atom. The molecule has 2 unspecified atom stereocenters. The van der Waals surface area contributed by atoms with E-state index in [9.17, 15) is 14.7 Å². The van der Waals surface area contributed by atoms with Gasteiger partial charge >= 0.3 is 11.9 Å². The van der Waals surface area contributed by atoms with E-state index < -0.39 is 23.9 Å². The molecule has 0 aromatic heterocycles. The fourth-order valence-corrected chi connectivity index (χ4v) is 4.58. The number of esters is 1. The molecule has 2 atom stereocenters. The Labute approximate surface area is 189 Å². The first kappa shape index (κ1) is 21.4. The largest absolute Gasteiger partial charge is 0.481 e. The van der Waals surface area contributed by atoms with Crippen molar-refractivity contribution in [3.63, 3.8) is 0 Å². The maximum absolute atomic E-state index is 12.8. The smallest absolute Gasteiger partial charge is 0.322 e. The van der Waals surface area contributed by atoms with Crippen LogP contribution in [0, 0.1) is 5.92 Å². The summed E-state index contributed by atoms with van der Waals surface area (Å²) >= 11 is 12.1. The Kier molecular flexibility index (Phi) is 6.01. The van der Waals surface area contributed by atoms with Gasteiger partial charge in [-0.15, -0.1) is 0 Å². The number of carboxylic acids is 1. The van der Waals surface area contributed by atoms with E-state index in [1.165, 1.54) is 12.1 Å². The minimum Gasteiger partial charge on any atom is -0.481 e. The lowest BCUT2D eigenvalue weighted by Gasteiger charge is -2.22. The summed E-state index contributed by atoms with van der Waals surface area (Å²) in [4.78, 5) is 24.7. The zero-order chi connectivity index (χ0) is 22.1. The molecular weight excluding hydrogens is 437 g/mol. The molecule has 31 heavy (non-hydrogen) atoms. The van der Waals surface area contributed by atoms with Crippen molar-refractivity contribution in [2.24, 2.45) is 11.7 Å². The molecule has 5 nitrogen and oxygen atoms in total. The number of ether oxygens (including phenoxy) is 1. The average molecular weight is 456 g/mol. The molecule has 3 aromatic rings. The van der Waals surface area contributed by atoms with E-state index in [-0.39, 0.29) is 17.5 Å². The van der Waals surface area contributed by atoms with E-state index in [2.05, 4.69) is 0 Å². The standard InChI is InChI=1S/C24H19Cl2NO4/c25-13-9-10-18(20(26)11-13)22(27)21(23(28)29)24(30)31-12-19-16-7-3-1-5-14(16)15-6-2-4-8-17(15)19/h1-11,19,21-22H,12,27H2,(H,28,29). The molecule has 0 radical (unpaired) electrons. The number of carboxylic acid groups (broad SMARTS) is 1. The number of nitrogens with two attached hydrogens (primary N) is 1. The highest BCUT2D eigenvalue weighted by Crippen LogP contribution is 2.44. The predicted molar refractivity (Wildman–Crippen MR) is 119 cm³/mol. The number of carbonyl (C=O) groups excluding carboxylic acids is 1. The third-order valence-corrected chi connectivity index (χ3v) is 6.12. The summed E-state index contributed by atoms with van der Waals surface area (Å²) in [6.45, 7) is 0.0116. The molecule has 7 heteroatoms. The third kappa shape index (κ3) is 4.04. The van der Waals surface area contributed by atoms with E-state index >= 15 is 0 Å². The van der Waals surface area contributed by atoms with Gasteiger partial charge in [-0.2, -0.15) is 0 Å². The van der Waals surface area contributed by atoms with Gasteiger partial charge in [0.25, 0.3) is 0 Å². The van der Waals surface area contributed by atoms with Gasteiger partial charge in [0, 0.05) is 16.0 Å². The zero-order valence-electron chi connectivity index (χ0n) is 16.3. The highest BCUT2D eigenvalue weighted by Gasteiger charge is 2.37. The molecule has 3 aromatic carbocycles. The number of hydrogen-bond acceptors (Lipinski definition) is 4. The van der Waals surface area contributed by atoms with Crippen LogP contribution in [0.1, 0.15) is 28.7 Å². The van der Waals surface area contributed by atoms with Crippen LogP contribution in [0.5, 0.6) is 0 Å². The van der Waals surface area contributed by atoms with Crippen LogP contribution < -0.4 is 5.73 Å². The van der Waals surface area contributed by atoms with Gasteiger partial charge in [-0.3, -0.25) is 9.59 Å². The molecule has 1 aliphatic rings. The molecule has 3 N–H and O–H groups in total. The quantitative estimate of drug-likeness (QED) is 0.400. The van der Waals surface area contributed by atoms with Crippen LogP contribution in [0.3, 0.4) is 0 Å². The number of carbonyl (C=O) groups is 2.